The summed E-state index contributed by atoms with van der Waals surface area (Å²) in [4.78, 5) is 22.6. The molecule has 110 valence electrons. The summed E-state index contributed by atoms with van der Waals surface area (Å²) in [5.41, 5.74) is 5.59. The smallest absolute Gasteiger partial charge is 0.325 e. The third-order valence-electron chi connectivity index (χ3n) is 2.56. The molecular formula is C13H15N5O3. The molecule has 0 bridgehead atoms. The number of nitrogens with zero attached hydrogens (tertiary/aromatic N) is 2. The topological polar surface area (TPSA) is 111 Å². The second-order valence-electron chi connectivity index (χ2n) is 4.14. The first-order chi connectivity index (χ1) is 10.1. The molecule has 0 aliphatic carbocycles. The second kappa shape index (κ2) is 6.42. The number of para-hydroxylation sites is 2. The maximum absolute atomic E-state index is 11.9. The van der Waals surface area contributed by atoms with E-state index in [9.17, 15) is 9.59 Å². The monoisotopic (exact) mass is 289 g/mol. The van der Waals surface area contributed by atoms with Gasteiger partial charge in [0.05, 0.1) is 12.8 Å². The quantitative estimate of drug-likeness (QED) is 0.763. The molecule has 0 aliphatic heterocycles. The van der Waals surface area contributed by atoms with E-state index in [0.29, 0.717) is 17.3 Å². The van der Waals surface area contributed by atoms with E-state index in [0.717, 1.165) is 0 Å². The molecule has 0 atom stereocenters. The fraction of sp³-hybridized carbons (Fsp3) is 0.154. The van der Waals surface area contributed by atoms with E-state index in [1.165, 1.54) is 11.8 Å². The van der Waals surface area contributed by atoms with Crippen LogP contribution in [-0.4, -0.2) is 28.8 Å². The number of urea groups is 1. The van der Waals surface area contributed by atoms with Crippen LogP contribution in [0.2, 0.25) is 0 Å². The van der Waals surface area contributed by atoms with E-state index in [1.807, 2.05) is 0 Å². The number of methoxy groups -OCH3 is 1. The van der Waals surface area contributed by atoms with Crippen molar-refractivity contribution >= 4 is 23.4 Å². The molecule has 0 aliphatic rings. The normalized spacial score (nSPS) is 9.95. The lowest BCUT2D eigenvalue weighted by Crippen LogP contribution is -2.21. The molecule has 8 nitrogen and oxygen atoms in total. The van der Waals surface area contributed by atoms with Crippen LogP contribution in [0.3, 0.4) is 0 Å². The highest BCUT2D eigenvalue weighted by Crippen LogP contribution is 2.23. The summed E-state index contributed by atoms with van der Waals surface area (Å²) in [5, 5.41) is 9.18. The van der Waals surface area contributed by atoms with Gasteiger partial charge >= 0.3 is 6.03 Å². The Kier molecular flexibility index (Phi) is 4.39. The second-order valence-corrected chi connectivity index (χ2v) is 4.14. The molecule has 2 rings (SSSR count). The van der Waals surface area contributed by atoms with Gasteiger partial charge in [0.1, 0.15) is 12.3 Å². The SMILES string of the molecule is COc1ccccc1NC(=O)Nc1ccn(CC(N)=O)n1. The van der Waals surface area contributed by atoms with Crippen molar-refractivity contribution < 1.29 is 14.3 Å². The first-order valence-electron chi connectivity index (χ1n) is 6.11. The molecule has 1 aromatic heterocycles. The number of benzene rings is 1. The van der Waals surface area contributed by atoms with Crippen molar-refractivity contribution in [2.75, 3.05) is 17.7 Å². The zero-order chi connectivity index (χ0) is 15.2. The zero-order valence-electron chi connectivity index (χ0n) is 11.4. The van der Waals surface area contributed by atoms with Crippen LogP contribution in [0.15, 0.2) is 36.5 Å². The van der Waals surface area contributed by atoms with Crippen molar-refractivity contribution in [2.45, 2.75) is 6.54 Å². The lowest BCUT2D eigenvalue weighted by Gasteiger charge is -2.09. The molecule has 4 N–H and O–H groups in total. The summed E-state index contributed by atoms with van der Waals surface area (Å²) >= 11 is 0. The van der Waals surface area contributed by atoms with Crippen LogP contribution < -0.4 is 21.1 Å². The number of carbonyl (C=O) groups excluding carboxylic acids is 2. The predicted octanol–water partition coefficient (Wildman–Crippen LogP) is 1.02. The lowest BCUT2D eigenvalue weighted by molar-refractivity contribution is -0.118. The van der Waals surface area contributed by atoms with Gasteiger partial charge in [0.25, 0.3) is 0 Å². The van der Waals surface area contributed by atoms with Crippen LogP contribution in [0, 0.1) is 0 Å². The minimum Gasteiger partial charge on any atom is -0.495 e. The number of hydrogen-bond acceptors (Lipinski definition) is 4. The number of hydrogen-bond donors (Lipinski definition) is 3. The molecule has 2 aromatic rings. The van der Waals surface area contributed by atoms with Crippen molar-refractivity contribution in [3.63, 3.8) is 0 Å². The maximum Gasteiger partial charge on any atom is 0.325 e. The summed E-state index contributed by atoms with van der Waals surface area (Å²) in [6, 6.07) is 8.11. The Labute approximate surface area is 120 Å². The first-order valence-corrected chi connectivity index (χ1v) is 6.11. The minimum absolute atomic E-state index is 0.0458. The molecule has 8 heteroatoms. The molecule has 0 unspecified atom stereocenters. The summed E-state index contributed by atoms with van der Waals surface area (Å²) in [7, 11) is 1.52. The van der Waals surface area contributed by atoms with Crippen LogP contribution >= 0.6 is 0 Å². The molecule has 1 aromatic carbocycles. The van der Waals surface area contributed by atoms with Crippen LogP contribution in [0.4, 0.5) is 16.3 Å². The highest BCUT2D eigenvalue weighted by atomic mass is 16.5. The van der Waals surface area contributed by atoms with Gasteiger partial charge in [0.15, 0.2) is 5.82 Å². The van der Waals surface area contributed by atoms with Crippen molar-refractivity contribution in [1.29, 1.82) is 0 Å². The largest absolute Gasteiger partial charge is 0.495 e. The number of nitrogens with two attached hydrogens (primary N) is 1. The zero-order valence-corrected chi connectivity index (χ0v) is 11.4. The van der Waals surface area contributed by atoms with Gasteiger partial charge in [-0.2, -0.15) is 5.10 Å². The van der Waals surface area contributed by atoms with Crippen LogP contribution in [0.25, 0.3) is 0 Å². The van der Waals surface area contributed by atoms with Crippen molar-refractivity contribution in [3.8, 4) is 5.75 Å². The predicted molar refractivity (Wildman–Crippen MR) is 77.1 cm³/mol. The number of carbonyl (C=O) groups is 2. The number of nitrogens with one attached hydrogen (secondary N) is 2. The van der Waals surface area contributed by atoms with E-state index in [1.54, 1.807) is 36.5 Å². The number of ether oxygens (including phenoxy) is 1. The lowest BCUT2D eigenvalue weighted by atomic mass is 10.3. The minimum atomic E-state index is -0.511. The molecule has 0 spiro atoms. The van der Waals surface area contributed by atoms with E-state index < -0.39 is 11.9 Å². The molecule has 21 heavy (non-hydrogen) atoms. The Morgan fingerprint density at radius 3 is 2.76 bits per heavy atom. The summed E-state index contributed by atoms with van der Waals surface area (Å²) in [6.07, 6.45) is 1.55. The number of amides is 3. The molecule has 0 saturated heterocycles. The molecule has 0 radical (unpaired) electrons. The number of rotatable bonds is 5. The van der Waals surface area contributed by atoms with Crippen LogP contribution in [0.1, 0.15) is 0 Å². The van der Waals surface area contributed by atoms with Gasteiger partial charge in [-0.1, -0.05) is 12.1 Å². The van der Waals surface area contributed by atoms with Crippen LogP contribution in [0.5, 0.6) is 5.75 Å². The van der Waals surface area contributed by atoms with E-state index in [2.05, 4.69) is 15.7 Å². The van der Waals surface area contributed by atoms with Gasteiger partial charge < -0.3 is 15.8 Å². The Bertz CT molecular complexity index is 653. The van der Waals surface area contributed by atoms with E-state index >= 15 is 0 Å². The standard InChI is InChI=1S/C13H15N5O3/c1-21-10-5-3-2-4-9(10)15-13(20)16-12-6-7-18(17-12)8-11(14)19/h2-7H,8H2,1H3,(H2,14,19)(H2,15,16,17,20). The third kappa shape index (κ3) is 3.96. The Morgan fingerprint density at radius 1 is 1.29 bits per heavy atom. The highest BCUT2D eigenvalue weighted by Gasteiger charge is 2.08. The average molecular weight is 289 g/mol. The molecule has 1 heterocycles. The van der Waals surface area contributed by atoms with Gasteiger partial charge in [-0.25, -0.2) is 4.79 Å². The van der Waals surface area contributed by atoms with Gasteiger partial charge in [-0.05, 0) is 12.1 Å². The van der Waals surface area contributed by atoms with Crippen molar-refractivity contribution in [1.82, 2.24) is 9.78 Å². The Morgan fingerprint density at radius 2 is 2.05 bits per heavy atom. The fourth-order valence-corrected chi connectivity index (χ4v) is 1.69. The molecule has 3 amide bonds. The fourth-order valence-electron chi connectivity index (χ4n) is 1.69. The number of primary amides is 1. The highest BCUT2D eigenvalue weighted by molar-refractivity contribution is 6.00. The first kappa shape index (κ1) is 14.4. The number of anilines is 2. The van der Waals surface area contributed by atoms with Crippen molar-refractivity contribution in [2.24, 2.45) is 5.73 Å². The summed E-state index contributed by atoms with van der Waals surface area (Å²) in [5.74, 6) is 0.346. The summed E-state index contributed by atoms with van der Waals surface area (Å²) in [6.45, 7) is -0.0458. The Balaban J connectivity index is 1.98. The van der Waals surface area contributed by atoms with Gasteiger partial charge in [-0.3, -0.25) is 14.8 Å². The van der Waals surface area contributed by atoms with Crippen LogP contribution in [-0.2, 0) is 11.3 Å². The maximum atomic E-state index is 11.9. The molecular weight excluding hydrogens is 274 g/mol. The molecule has 0 saturated carbocycles. The van der Waals surface area contributed by atoms with E-state index in [4.69, 9.17) is 10.5 Å². The third-order valence-corrected chi connectivity index (χ3v) is 2.56. The van der Waals surface area contributed by atoms with Gasteiger partial charge in [-0.15, -0.1) is 0 Å². The summed E-state index contributed by atoms with van der Waals surface area (Å²) < 4.78 is 6.47. The van der Waals surface area contributed by atoms with E-state index in [-0.39, 0.29) is 6.54 Å². The van der Waals surface area contributed by atoms with Gasteiger partial charge in [0, 0.05) is 12.3 Å². The Hall–Kier alpha value is -3.03. The average Bonchev–Trinajstić information content (AvgIpc) is 2.85. The van der Waals surface area contributed by atoms with Crippen molar-refractivity contribution in [3.05, 3.63) is 36.5 Å². The number of aromatic nitrogens is 2. The van der Waals surface area contributed by atoms with Gasteiger partial charge in [0.2, 0.25) is 5.91 Å². The molecule has 0 fully saturated rings.